The molecule has 3 rings (SSSR count). The van der Waals surface area contributed by atoms with Gasteiger partial charge in [0.2, 0.25) is 0 Å². The summed E-state index contributed by atoms with van der Waals surface area (Å²) in [5, 5.41) is 3.42. The van der Waals surface area contributed by atoms with Gasteiger partial charge in [0.15, 0.2) is 11.5 Å². The first-order chi connectivity index (χ1) is 9.35. The number of hydrogen-bond acceptors (Lipinski definition) is 4. The van der Waals surface area contributed by atoms with Crippen LogP contribution in [0.25, 0.3) is 0 Å². The largest absolute Gasteiger partial charge is 0.493 e. The van der Waals surface area contributed by atoms with Crippen molar-refractivity contribution in [3.8, 4) is 11.5 Å². The Hall–Kier alpha value is -1.26. The zero-order chi connectivity index (χ0) is 13.2. The molecule has 4 nitrogen and oxygen atoms in total. The Balaban J connectivity index is 1.92. The topological polar surface area (TPSA) is 33.7 Å². The molecule has 4 heteroatoms. The van der Waals surface area contributed by atoms with Gasteiger partial charge in [-0.2, -0.15) is 0 Å². The molecule has 1 aliphatic carbocycles. The molecule has 1 aromatic rings. The van der Waals surface area contributed by atoms with Crippen LogP contribution < -0.4 is 14.8 Å². The molecular formula is C15H22N2O2. The molecule has 0 aromatic heterocycles. The van der Waals surface area contributed by atoms with Crippen molar-refractivity contribution in [3.05, 3.63) is 23.3 Å². The number of rotatable bonds is 3. The first-order valence-electron chi connectivity index (χ1n) is 7.03. The van der Waals surface area contributed by atoms with Gasteiger partial charge in [-0.3, -0.25) is 4.90 Å². The Kier molecular flexibility index (Phi) is 3.62. The molecule has 1 aromatic carbocycles. The number of benzene rings is 1. The molecule has 1 N–H and O–H groups in total. The average Bonchev–Trinajstić information content (AvgIpc) is 2.91. The number of methoxy groups -OCH3 is 2. The van der Waals surface area contributed by atoms with E-state index in [2.05, 4.69) is 16.3 Å². The number of ether oxygens (including phenoxy) is 2. The number of hydrogen-bond donors (Lipinski definition) is 1. The summed E-state index contributed by atoms with van der Waals surface area (Å²) < 4.78 is 11.0. The van der Waals surface area contributed by atoms with E-state index in [0.717, 1.165) is 44.1 Å². The van der Waals surface area contributed by atoms with E-state index in [0.29, 0.717) is 6.04 Å². The smallest absolute Gasteiger partial charge is 0.164 e. The minimum Gasteiger partial charge on any atom is -0.493 e. The van der Waals surface area contributed by atoms with Gasteiger partial charge in [-0.15, -0.1) is 0 Å². The van der Waals surface area contributed by atoms with E-state index in [1.54, 1.807) is 14.2 Å². The molecule has 1 aliphatic heterocycles. The van der Waals surface area contributed by atoms with Gasteiger partial charge in [-0.1, -0.05) is 6.07 Å². The van der Waals surface area contributed by atoms with E-state index in [-0.39, 0.29) is 0 Å². The van der Waals surface area contributed by atoms with Crippen molar-refractivity contribution in [3.63, 3.8) is 0 Å². The van der Waals surface area contributed by atoms with Gasteiger partial charge in [0.05, 0.1) is 14.2 Å². The van der Waals surface area contributed by atoms with E-state index in [4.69, 9.17) is 9.47 Å². The molecule has 1 heterocycles. The van der Waals surface area contributed by atoms with Gasteiger partial charge in [0.1, 0.15) is 0 Å². The maximum absolute atomic E-state index is 5.56. The van der Waals surface area contributed by atoms with Crippen LogP contribution >= 0.6 is 0 Å². The van der Waals surface area contributed by atoms with Crippen LogP contribution in [0.3, 0.4) is 0 Å². The van der Waals surface area contributed by atoms with Gasteiger partial charge >= 0.3 is 0 Å². The van der Waals surface area contributed by atoms with Crippen molar-refractivity contribution in [2.45, 2.75) is 18.9 Å². The first-order valence-corrected chi connectivity index (χ1v) is 7.03. The molecule has 1 atom stereocenters. The van der Waals surface area contributed by atoms with Crippen molar-refractivity contribution in [2.24, 2.45) is 0 Å². The summed E-state index contributed by atoms with van der Waals surface area (Å²) in [6, 6.07) is 4.81. The molecule has 1 unspecified atom stereocenters. The maximum atomic E-state index is 5.56. The highest BCUT2D eigenvalue weighted by Gasteiger charge is 2.31. The van der Waals surface area contributed by atoms with Crippen LogP contribution in [0.5, 0.6) is 11.5 Å². The van der Waals surface area contributed by atoms with Crippen LogP contribution in [-0.2, 0) is 6.42 Å². The van der Waals surface area contributed by atoms with Gasteiger partial charge < -0.3 is 14.8 Å². The number of nitrogens with one attached hydrogen (secondary N) is 1. The normalized spacial score (nSPS) is 23.2. The molecule has 19 heavy (non-hydrogen) atoms. The van der Waals surface area contributed by atoms with E-state index in [1.165, 1.54) is 17.5 Å². The quantitative estimate of drug-likeness (QED) is 0.897. The Morgan fingerprint density at radius 2 is 1.95 bits per heavy atom. The van der Waals surface area contributed by atoms with Crippen molar-refractivity contribution in [1.82, 2.24) is 10.2 Å². The summed E-state index contributed by atoms with van der Waals surface area (Å²) >= 11 is 0. The maximum Gasteiger partial charge on any atom is 0.164 e. The van der Waals surface area contributed by atoms with E-state index >= 15 is 0 Å². The summed E-state index contributed by atoms with van der Waals surface area (Å²) in [4.78, 5) is 2.59. The average molecular weight is 262 g/mol. The standard InChI is InChI=1S/C15H22N2O2/c1-18-14-6-4-11-12(15(14)19-2)3-5-13(11)17-9-7-16-8-10-17/h4,6,13,16H,3,5,7-10H2,1-2H3. The molecule has 2 aliphatic rings. The summed E-state index contributed by atoms with van der Waals surface area (Å²) in [6.07, 6.45) is 2.28. The monoisotopic (exact) mass is 262 g/mol. The molecule has 0 bridgehead atoms. The Morgan fingerprint density at radius 3 is 2.63 bits per heavy atom. The first kappa shape index (κ1) is 12.8. The highest BCUT2D eigenvalue weighted by atomic mass is 16.5. The van der Waals surface area contributed by atoms with Crippen molar-refractivity contribution < 1.29 is 9.47 Å². The second-order valence-corrected chi connectivity index (χ2v) is 5.21. The molecular weight excluding hydrogens is 240 g/mol. The van der Waals surface area contributed by atoms with Crippen LogP contribution in [0.4, 0.5) is 0 Å². The minimum atomic E-state index is 0.553. The third-order valence-electron chi connectivity index (χ3n) is 4.30. The molecule has 0 radical (unpaired) electrons. The lowest BCUT2D eigenvalue weighted by Gasteiger charge is -2.33. The SMILES string of the molecule is COc1ccc2c(c1OC)CCC2N1CCNCC1. The minimum absolute atomic E-state index is 0.553. The number of fused-ring (bicyclic) bond motifs is 1. The third kappa shape index (κ3) is 2.19. The summed E-state index contributed by atoms with van der Waals surface area (Å²) in [7, 11) is 3.43. The van der Waals surface area contributed by atoms with E-state index < -0.39 is 0 Å². The molecule has 0 spiro atoms. The number of nitrogens with zero attached hydrogens (tertiary/aromatic N) is 1. The summed E-state index contributed by atoms with van der Waals surface area (Å²) in [5.74, 6) is 1.78. The van der Waals surface area contributed by atoms with Gasteiger partial charge in [-0.25, -0.2) is 0 Å². The van der Waals surface area contributed by atoms with E-state index in [1.807, 2.05) is 6.07 Å². The molecule has 1 fully saturated rings. The van der Waals surface area contributed by atoms with E-state index in [9.17, 15) is 0 Å². The van der Waals surface area contributed by atoms with Crippen LogP contribution in [0, 0.1) is 0 Å². The Morgan fingerprint density at radius 1 is 1.16 bits per heavy atom. The highest BCUT2D eigenvalue weighted by molar-refractivity contribution is 5.53. The highest BCUT2D eigenvalue weighted by Crippen LogP contribution is 2.44. The molecule has 0 amide bonds. The third-order valence-corrected chi connectivity index (χ3v) is 4.30. The van der Waals surface area contributed by atoms with Crippen LogP contribution in [0.1, 0.15) is 23.6 Å². The Bertz CT molecular complexity index is 456. The zero-order valence-electron chi connectivity index (χ0n) is 11.7. The lowest BCUT2D eigenvalue weighted by molar-refractivity contribution is 0.173. The van der Waals surface area contributed by atoms with Crippen LogP contribution in [-0.4, -0.2) is 45.3 Å². The zero-order valence-corrected chi connectivity index (χ0v) is 11.7. The van der Waals surface area contributed by atoms with Crippen LogP contribution in [0.2, 0.25) is 0 Å². The fourth-order valence-corrected chi connectivity index (χ4v) is 3.39. The van der Waals surface area contributed by atoms with Gasteiger partial charge in [-0.05, 0) is 24.5 Å². The van der Waals surface area contributed by atoms with Gasteiger partial charge in [0.25, 0.3) is 0 Å². The van der Waals surface area contributed by atoms with Gasteiger partial charge in [0, 0.05) is 37.8 Å². The second-order valence-electron chi connectivity index (χ2n) is 5.21. The summed E-state index contributed by atoms with van der Waals surface area (Å²) in [6.45, 7) is 4.47. The molecule has 104 valence electrons. The van der Waals surface area contributed by atoms with Crippen molar-refractivity contribution in [2.75, 3.05) is 40.4 Å². The predicted octanol–water partition coefficient (Wildman–Crippen LogP) is 1.60. The van der Waals surface area contributed by atoms with Crippen LogP contribution in [0.15, 0.2) is 12.1 Å². The molecule has 0 saturated carbocycles. The molecule has 1 saturated heterocycles. The number of piperazine rings is 1. The van der Waals surface area contributed by atoms with Crippen molar-refractivity contribution >= 4 is 0 Å². The Labute approximate surface area is 114 Å². The lowest BCUT2D eigenvalue weighted by atomic mass is 10.0. The fourth-order valence-electron chi connectivity index (χ4n) is 3.39. The second kappa shape index (κ2) is 5.39. The predicted molar refractivity (Wildman–Crippen MR) is 75.1 cm³/mol. The fraction of sp³-hybridized carbons (Fsp3) is 0.600. The lowest BCUT2D eigenvalue weighted by Crippen LogP contribution is -2.44. The van der Waals surface area contributed by atoms with Crippen molar-refractivity contribution in [1.29, 1.82) is 0 Å². The summed E-state index contributed by atoms with van der Waals surface area (Å²) in [5.41, 5.74) is 2.77.